The zero-order valence-corrected chi connectivity index (χ0v) is 11.2. The Hall–Kier alpha value is -0.870. The lowest BCUT2D eigenvalue weighted by molar-refractivity contribution is 0.171. The van der Waals surface area contributed by atoms with E-state index in [9.17, 15) is 0 Å². The average molecular weight is 253 g/mol. The zero-order valence-electron chi connectivity index (χ0n) is 10.4. The molecule has 0 aliphatic carbocycles. The fourth-order valence-corrected chi connectivity index (χ4v) is 2.69. The van der Waals surface area contributed by atoms with Gasteiger partial charge in [-0.05, 0) is 30.5 Å². The number of thioether (sulfide) groups is 1. The molecular formula is C13H19NO2S. The molecule has 1 aromatic rings. The topological polar surface area (TPSA) is 30.5 Å². The van der Waals surface area contributed by atoms with E-state index in [1.807, 2.05) is 24.9 Å². The molecule has 1 N–H and O–H groups in total. The molecule has 4 heteroatoms. The van der Waals surface area contributed by atoms with Crippen molar-refractivity contribution in [2.45, 2.75) is 13.0 Å². The van der Waals surface area contributed by atoms with Gasteiger partial charge in [-0.2, -0.15) is 11.8 Å². The predicted molar refractivity (Wildman–Crippen MR) is 72.2 cm³/mol. The van der Waals surface area contributed by atoms with Crippen LogP contribution < -0.4 is 14.8 Å². The summed E-state index contributed by atoms with van der Waals surface area (Å²) < 4.78 is 11.1. The molecule has 0 bridgehead atoms. The standard InChI is InChI=1S/C13H19NO2S/c1-3-17-9-11(14-2)10-4-5-12-13(8-10)16-7-6-15-12/h4-5,8,11,14H,3,6-7,9H2,1-2H3. The van der Waals surface area contributed by atoms with Gasteiger partial charge in [0.2, 0.25) is 0 Å². The van der Waals surface area contributed by atoms with Crippen molar-refractivity contribution in [2.24, 2.45) is 0 Å². The minimum absolute atomic E-state index is 0.371. The van der Waals surface area contributed by atoms with E-state index >= 15 is 0 Å². The quantitative estimate of drug-likeness (QED) is 0.873. The van der Waals surface area contributed by atoms with Crippen molar-refractivity contribution in [3.8, 4) is 11.5 Å². The molecule has 3 nitrogen and oxygen atoms in total. The van der Waals surface area contributed by atoms with Crippen LogP contribution in [0.15, 0.2) is 18.2 Å². The van der Waals surface area contributed by atoms with Gasteiger partial charge in [0.05, 0.1) is 0 Å². The van der Waals surface area contributed by atoms with E-state index < -0.39 is 0 Å². The highest BCUT2D eigenvalue weighted by Crippen LogP contribution is 2.33. The summed E-state index contributed by atoms with van der Waals surface area (Å²) in [7, 11) is 2.00. The Morgan fingerprint density at radius 2 is 2.06 bits per heavy atom. The Kier molecular flexibility index (Phi) is 4.57. The molecule has 1 unspecified atom stereocenters. The maximum atomic E-state index is 5.60. The molecule has 1 aliphatic heterocycles. The Balaban J connectivity index is 2.13. The van der Waals surface area contributed by atoms with Crippen LogP contribution in [0.5, 0.6) is 11.5 Å². The van der Waals surface area contributed by atoms with Gasteiger partial charge in [-0.15, -0.1) is 0 Å². The third-order valence-electron chi connectivity index (χ3n) is 2.81. The second-order valence-corrected chi connectivity index (χ2v) is 5.22. The maximum Gasteiger partial charge on any atom is 0.161 e. The molecule has 0 saturated heterocycles. The Morgan fingerprint density at radius 3 is 2.76 bits per heavy atom. The van der Waals surface area contributed by atoms with E-state index in [2.05, 4.69) is 24.4 Å². The summed E-state index contributed by atoms with van der Waals surface area (Å²) in [6.07, 6.45) is 0. The third kappa shape index (κ3) is 3.07. The summed E-state index contributed by atoms with van der Waals surface area (Å²) in [6.45, 7) is 3.47. The molecule has 0 spiro atoms. The minimum atomic E-state index is 0.371. The van der Waals surface area contributed by atoms with Crippen molar-refractivity contribution in [3.05, 3.63) is 23.8 Å². The monoisotopic (exact) mass is 253 g/mol. The summed E-state index contributed by atoms with van der Waals surface area (Å²) >= 11 is 1.94. The van der Waals surface area contributed by atoms with Crippen molar-refractivity contribution in [2.75, 3.05) is 31.8 Å². The fraction of sp³-hybridized carbons (Fsp3) is 0.538. The molecule has 0 fully saturated rings. The highest BCUT2D eigenvalue weighted by Gasteiger charge is 2.15. The molecule has 94 valence electrons. The van der Waals surface area contributed by atoms with Gasteiger partial charge in [0.25, 0.3) is 0 Å². The van der Waals surface area contributed by atoms with Crippen molar-refractivity contribution >= 4 is 11.8 Å². The van der Waals surface area contributed by atoms with Crippen LogP contribution in [0.3, 0.4) is 0 Å². The maximum absolute atomic E-state index is 5.60. The molecule has 1 heterocycles. The molecule has 1 aromatic carbocycles. The van der Waals surface area contributed by atoms with Gasteiger partial charge in [0.1, 0.15) is 13.2 Å². The fourth-order valence-electron chi connectivity index (χ4n) is 1.86. The lowest BCUT2D eigenvalue weighted by Crippen LogP contribution is -2.20. The molecule has 2 rings (SSSR count). The van der Waals surface area contributed by atoms with Crippen LogP contribution in [0.1, 0.15) is 18.5 Å². The van der Waals surface area contributed by atoms with Crippen LogP contribution in [0.2, 0.25) is 0 Å². The number of hydrogen-bond acceptors (Lipinski definition) is 4. The number of benzene rings is 1. The largest absolute Gasteiger partial charge is 0.486 e. The molecule has 0 saturated carbocycles. The summed E-state index contributed by atoms with van der Waals surface area (Å²) in [5.74, 6) is 3.95. The van der Waals surface area contributed by atoms with Gasteiger partial charge in [-0.3, -0.25) is 0 Å². The highest BCUT2D eigenvalue weighted by molar-refractivity contribution is 7.99. The second kappa shape index (κ2) is 6.17. The number of fused-ring (bicyclic) bond motifs is 1. The molecule has 0 amide bonds. The van der Waals surface area contributed by atoms with E-state index in [0.717, 1.165) is 23.0 Å². The number of ether oxygens (including phenoxy) is 2. The van der Waals surface area contributed by atoms with Gasteiger partial charge in [-0.1, -0.05) is 13.0 Å². The molecule has 0 aromatic heterocycles. The average Bonchev–Trinajstić information content (AvgIpc) is 2.39. The Labute approximate surface area is 107 Å². The normalized spacial score (nSPS) is 15.6. The van der Waals surface area contributed by atoms with Crippen LogP contribution in [-0.2, 0) is 0 Å². The van der Waals surface area contributed by atoms with E-state index in [-0.39, 0.29) is 0 Å². The third-order valence-corrected chi connectivity index (χ3v) is 3.78. The first-order valence-electron chi connectivity index (χ1n) is 5.99. The van der Waals surface area contributed by atoms with Gasteiger partial charge in [-0.25, -0.2) is 0 Å². The van der Waals surface area contributed by atoms with Crippen molar-refractivity contribution in [3.63, 3.8) is 0 Å². The summed E-state index contributed by atoms with van der Waals surface area (Å²) in [5.41, 5.74) is 1.26. The van der Waals surface area contributed by atoms with Gasteiger partial charge in [0, 0.05) is 11.8 Å². The van der Waals surface area contributed by atoms with Crippen LogP contribution in [-0.4, -0.2) is 31.8 Å². The van der Waals surface area contributed by atoms with Gasteiger partial charge < -0.3 is 14.8 Å². The Morgan fingerprint density at radius 1 is 1.29 bits per heavy atom. The van der Waals surface area contributed by atoms with E-state index in [0.29, 0.717) is 19.3 Å². The van der Waals surface area contributed by atoms with Crippen LogP contribution in [0, 0.1) is 0 Å². The van der Waals surface area contributed by atoms with E-state index in [4.69, 9.17) is 9.47 Å². The zero-order chi connectivity index (χ0) is 12.1. The lowest BCUT2D eigenvalue weighted by Gasteiger charge is -2.21. The lowest BCUT2D eigenvalue weighted by atomic mass is 10.1. The van der Waals surface area contributed by atoms with Crippen LogP contribution in [0.25, 0.3) is 0 Å². The molecular weight excluding hydrogens is 234 g/mol. The number of nitrogens with one attached hydrogen (secondary N) is 1. The summed E-state index contributed by atoms with van der Waals surface area (Å²) in [6, 6.07) is 6.58. The minimum Gasteiger partial charge on any atom is -0.486 e. The number of hydrogen-bond donors (Lipinski definition) is 1. The molecule has 1 atom stereocenters. The van der Waals surface area contributed by atoms with Crippen LogP contribution >= 0.6 is 11.8 Å². The highest BCUT2D eigenvalue weighted by atomic mass is 32.2. The SMILES string of the molecule is CCSCC(NC)c1ccc2c(c1)OCCO2. The number of rotatable bonds is 5. The van der Waals surface area contributed by atoms with Gasteiger partial charge in [0.15, 0.2) is 11.5 Å². The van der Waals surface area contributed by atoms with Crippen molar-refractivity contribution < 1.29 is 9.47 Å². The smallest absolute Gasteiger partial charge is 0.161 e. The van der Waals surface area contributed by atoms with E-state index in [1.54, 1.807) is 0 Å². The molecule has 17 heavy (non-hydrogen) atoms. The van der Waals surface area contributed by atoms with Crippen molar-refractivity contribution in [1.29, 1.82) is 0 Å². The van der Waals surface area contributed by atoms with E-state index in [1.165, 1.54) is 5.56 Å². The molecule has 1 aliphatic rings. The summed E-state index contributed by atoms with van der Waals surface area (Å²) in [5, 5.41) is 3.34. The first kappa shape index (κ1) is 12.6. The van der Waals surface area contributed by atoms with Gasteiger partial charge >= 0.3 is 0 Å². The molecule has 0 radical (unpaired) electrons. The van der Waals surface area contributed by atoms with Crippen LogP contribution in [0.4, 0.5) is 0 Å². The second-order valence-electron chi connectivity index (χ2n) is 3.90. The Bertz CT molecular complexity index is 370. The summed E-state index contributed by atoms with van der Waals surface area (Å²) in [4.78, 5) is 0. The first-order chi connectivity index (χ1) is 8.35. The van der Waals surface area contributed by atoms with Crippen molar-refractivity contribution in [1.82, 2.24) is 5.32 Å². The predicted octanol–water partition coefficient (Wildman–Crippen LogP) is 2.47. The first-order valence-corrected chi connectivity index (χ1v) is 7.15.